The molecule has 0 aliphatic rings. The van der Waals surface area contributed by atoms with Crippen LogP contribution in [0.15, 0.2) is 118 Å². The molecule has 0 aliphatic heterocycles. The molecule has 0 bridgehead atoms. The minimum Gasteiger partial charge on any atom is -0.436 e. The van der Waals surface area contributed by atoms with Gasteiger partial charge in [-0.3, -0.25) is 11.5 Å². The number of benzene rings is 4. The van der Waals surface area contributed by atoms with Crippen LogP contribution in [0.25, 0.3) is 0 Å². The fourth-order valence-electron chi connectivity index (χ4n) is 5.07. The lowest BCUT2D eigenvalue weighted by Gasteiger charge is -2.32. The van der Waals surface area contributed by atoms with Crippen molar-refractivity contribution >= 4 is 43.8 Å². The smallest absolute Gasteiger partial charge is 0.419 e. The molecule has 0 fully saturated rings. The van der Waals surface area contributed by atoms with Gasteiger partial charge in [-0.1, -0.05) is 117 Å². The van der Waals surface area contributed by atoms with Gasteiger partial charge < -0.3 is 9.47 Å². The summed E-state index contributed by atoms with van der Waals surface area (Å²) in [5.74, 6) is -2.79. The van der Waals surface area contributed by atoms with Gasteiger partial charge in [0.15, 0.2) is 11.4 Å². The molecule has 218 valence electrons. The largest absolute Gasteiger partial charge is 0.436 e. The Morgan fingerprint density at radius 2 is 0.929 bits per heavy atom. The van der Waals surface area contributed by atoms with Crippen LogP contribution in [-0.4, -0.2) is 23.4 Å². The van der Waals surface area contributed by atoms with E-state index in [4.69, 9.17) is 20.9 Å². The lowest BCUT2D eigenvalue weighted by molar-refractivity contribution is -0.185. The second-order valence-corrected chi connectivity index (χ2v) is 12.7. The monoisotopic (exact) mass is 692 g/mol. The molecule has 6 nitrogen and oxygen atoms in total. The maximum Gasteiger partial charge on any atom is 0.419 e. The van der Waals surface area contributed by atoms with Gasteiger partial charge in [-0.25, -0.2) is 9.59 Å². The predicted octanol–water partition coefficient (Wildman–Crippen LogP) is 7.39. The highest BCUT2D eigenvalue weighted by Crippen LogP contribution is 2.35. The Labute approximate surface area is 263 Å². The molecule has 0 radical (unpaired) electrons. The van der Waals surface area contributed by atoms with Gasteiger partial charge in [0, 0.05) is 33.6 Å². The van der Waals surface area contributed by atoms with Gasteiger partial charge in [-0.05, 0) is 60.4 Å². The van der Waals surface area contributed by atoms with Crippen LogP contribution in [0.3, 0.4) is 0 Å². The van der Waals surface area contributed by atoms with E-state index in [1.807, 2.05) is 109 Å². The predicted molar refractivity (Wildman–Crippen MR) is 171 cm³/mol. The molecule has 0 aliphatic carbocycles. The molecule has 0 saturated carbocycles. The number of rotatable bonds is 10. The number of hydrogen-bond acceptors (Lipinski definition) is 6. The maximum atomic E-state index is 13.0. The van der Waals surface area contributed by atoms with Crippen LogP contribution in [0, 0.1) is 0 Å². The zero-order chi connectivity index (χ0) is 30.3. The summed E-state index contributed by atoms with van der Waals surface area (Å²) in [6.07, 6.45) is 0.455. The van der Waals surface area contributed by atoms with Crippen LogP contribution in [-0.2, 0) is 19.1 Å². The third-order valence-electron chi connectivity index (χ3n) is 6.94. The molecule has 4 aromatic rings. The highest BCUT2D eigenvalue weighted by Gasteiger charge is 2.36. The van der Waals surface area contributed by atoms with E-state index in [1.54, 1.807) is 13.8 Å². The summed E-state index contributed by atoms with van der Waals surface area (Å²) < 4.78 is 12.9. The number of nitrogens with two attached hydrogens (primary N) is 2. The first-order valence-corrected chi connectivity index (χ1v) is 15.2. The SMILES string of the molecule is CC(N)(CC(c1ccccc1)c1cccc(Br)c1)OC(=O)C(=O)OC(C)(N)CC(c1ccccc1)c1cccc(Br)c1. The van der Waals surface area contributed by atoms with Crippen molar-refractivity contribution in [3.05, 3.63) is 140 Å². The van der Waals surface area contributed by atoms with Crippen LogP contribution in [0.2, 0.25) is 0 Å². The van der Waals surface area contributed by atoms with Crippen molar-refractivity contribution in [2.75, 3.05) is 0 Å². The highest BCUT2D eigenvalue weighted by atomic mass is 79.9. The Bertz CT molecular complexity index is 1400. The van der Waals surface area contributed by atoms with Gasteiger partial charge >= 0.3 is 11.9 Å². The van der Waals surface area contributed by atoms with Gasteiger partial charge in [0.2, 0.25) is 0 Å². The molecule has 42 heavy (non-hydrogen) atoms. The van der Waals surface area contributed by atoms with E-state index in [1.165, 1.54) is 0 Å². The Balaban J connectivity index is 1.47. The molecule has 0 aromatic heterocycles. The fraction of sp³-hybridized carbons (Fsp3) is 0.235. The molecule has 0 spiro atoms. The first-order valence-electron chi connectivity index (χ1n) is 13.6. The topological polar surface area (TPSA) is 105 Å². The number of ether oxygens (including phenoxy) is 2. The average molecular weight is 694 g/mol. The van der Waals surface area contributed by atoms with E-state index in [0.717, 1.165) is 31.2 Å². The zero-order valence-corrected chi connectivity index (χ0v) is 26.7. The summed E-state index contributed by atoms with van der Waals surface area (Å²) in [6.45, 7) is 3.15. The van der Waals surface area contributed by atoms with Crippen molar-refractivity contribution in [3.63, 3.8) is 0 Å². The molecule has 4 aromatic carbocycles. The van der Waals surface area contributed by atoms with Crippen molar-refractivity contribution < 1.29 is 19.1 Å². The van der Waals surface area contributed by atoms with Gasteiger partial charge in [0.25, 0.3) is 0 Å². The average Bonchev–Trinajstić information content (AvgIpc) is 2.95. The summed E-state index contributed by atoms with van der Waals surface area (Å²) in [5.41, 5.74) is 14.0. The van der Waals surface area contributed by atoms with Crippen LogP contribution in [0.5, 0.6) is 0 Å². The normalized spacial score (nSPS) is 15.5. The molecule has 4 N–H and O–H groups in total. The first kappa shape index (κ1) is 31.6. The van der Waals surface area contributed by atoms with E-state index in [9.17, 15) is 9.59 Å². The molecule has 4 rings (SSSR count). The van der Waals surface area contributed by atoms with Crippen LogP contribution in [0.4, 0.5) is 0 Å². The molecular weight excluding hydrogens is 660 g/mol. The zero-order valence-electron chi connectivity index (χ0n) is 23.5. The van der Waals surface area contributed by atoms with Crippen molar-refractivity contribution in [2.24, 2.45) is 11.5 Å². The number of carbonyl (C=O) groups excluding carboxylic acids is 2. The van der Waals surface area contributed by atoms with Gasteiger partial charge in [-0.15, -0.1) is 0 Å². The lowest BCUT2D eigenvalue weighted by atomic mass is 9.85. The van der Waals surface area contributed by atoms with E-state index >= 15 is 0 Å². The van der Waals surface area contributed by atoms with Gasteiger partial charge in [-0.2, -0.15) is 0 Å². The van der Waals surface area contributed by atoms with Crippen molar-refractivity contribution in [1.82, 2.24) is 0 Å². The minimum absolute atomic E-state index is 0.195. The molecule has 0 saturated heterocycles. The first-order chi connectivity index (χ1) is 19.9. The second-order valence-electron chi connectivity index (χ2n) is 10.8. The van der Waals surface area contributed by atoms with Crippen molar-refractivity contribution in [3.8, 4) is 0 Å². The van der Waals surface area contributed by atoms with E-state index in [0.29, 0.717) is 0 Å². The van der Waals surface area contributed by atoms with E-state index < -0.39 is 23.4 Å². The Morgan fingerprint density at radius 1 is 0.595 bits per heavy atom. The fourth-order valence-corrected chi connectivity index (χ4v) is 5.91. The number of carbonyl (C=O) groups is 2. The standard InChI is InChI=1S/C34H34Br2N2O4/c1-33(37,21-29(23-11-5-3-6-12-23)25-15-9-17-27(35)19-25)41-31(39)32(40)42-34(2,38)22-30(24-13-7-4-8-14-24)26-16-10-18-28(36)20-26/h3-20,29-30H,21-22,37-38H2,1-2H3. The molecule has 4 unspecified atom stereocenters. The Morgan fingerprint density at radius 3 is 1.26 bits per heavy atom. The Hall–Kier alpha value is -3.30. The van der Waals surface area contributed by atoms with Crippen LogP contribution < -0.4 is 11.5 Å². The minimum atomic E-state index is -1.48. The summed E-state index contributed by atoms with van der Waals surface area (Å²) in [5, 5.41) is 0. The van der Waals surface area contributed by atoms with Gasteiger partial charge in [0.1, 0.15) is 0 Å². The van der Waals surface area contributed by atoms with Crippen molar-refractivity contribution in [1.29, 1.82) is 0 Å². The lowest BCUT2D eigenvalue weighted by Crippen LogP contribution is -2.48. The molecule has 0 heterocycles. The molecule has 8 heteroatoms. The number of halogens is 2. The number of esters is 2. The van der Waals surface area contributed by atoms with E-state index in [2.05, 4.69) is 31.9 Å². The Kier molecular flexibility index (Phi) is 10.4. The van der Waals surface area contributed by atoms with Crippen LogP contribution >= 0.6 is 31.9 Å². The molecule has 4 atom stereocenters. The van der Waals surface area contributed by atoms with Crippen molar-refractivity contribution in [2.45, 2.75) is 50.0 Å². The second kappa shape index (κ2) is 13.8. The molecule has 0 amide bonds. The summed E-state index contributed by atoms with van der Waals surface area (Å²) in [7, 11) is 0. The van der Waals surface area contributed by atoms with Gasteiger partial charge in [0.05, 0.1) is 0 Å². The number of hydrogen-bond donors (Lipinski definition) is 2. The molecular formula is C34H34Br2N2O4. The third-order valence-corrected chi connectivity index (χ3v) is 7.93. The van der Waals surface area contributed by atoms with E-state index in [-0.39, 0.29) is 24.7 Å². The summed E-state index contributed by atoms with van der Waals surface area (Å²) in [6, 6.07) is 35.3. The highest BCUT2D eigenvalue weighted by molar-refractivity contribution is 9.10. The summed E-state index contributed by atoms with van der Waals surface area (Å²) in [4.78, 5) is 25.9. The third kappa shape index (κ3) is 8.85. The maximum absolute atomic E-state index is 13.0. The summed E-state index contributed by atoms with van der Waals surface area (Å²) >= 11 is 7.06. The van der Waals surface area contributed by atoms with Crippen LogP contribution in [0.1, 0.15) is 60.8 Å². The quantitative estimate of drug-likeness (QED) is 0.102.